The Labute approximate surface area is 151 Å². The van der Waals surface area contributed by atoms with E-state index in [0.29, 0.717) is 12.0 Å². The van der Waals surface area contributed by atoms with Crippen molar-refractivity contribution in [1.29, 1.82) is 0 Å². The van der Waals surface area contributed by atoms with Crippen molar-refractivity contribution >= 4 is 17.6 Å². The van der Waals surface area contributed by atoms with Crippen LogP contribution >= 0.6 is 0 Å². The summed E-state index contributed by atoms with van der Waals surface area (Å²) in [4.78, 5) is 34.6. The Bertz CT molecular complexity index is 819. The molecular weight excluding hydrogens is 336 g/mol. The number of non-ortho nitro benzene ring substituents is 1. The van der Waals surface area contributed by atoms with Crippen molar-refractivity contribution in [3.63, 3.8) is 0 Å². The Morgan fingerprint density at radius 1 is 1.15 bits per heavy atom. The summed E-state index contributed by atoms with van der Waals surface area (Å²) in [6, 6.07) is 12.6. The SMILES string of the molecule is COC(=O)[C@@H](Cc1cccc(C)c1)NC(=O)Cc1cccc([N+](=O)[O-])c1. The number of carbonyl (C=O) groups excluding carboxylic acids is 2. The number of methoxy groups -OCH3 is 1. The summed E-state index contributed by atoms with van der Waals surface area (Å²) in [5.41, 5.74) is 2.36. The average Bonchev–Trinajstić information content (AvgIpc) is 2.60. The lowest BCUT2D eigenvalue weighted by Gasteiger charge is -2.17. The van der Waals surface area contributed by atoms with Crippen LogP contribution in [-0.4, -0.2) is 30.0 Å². The van der Waals surface area contributed by atoms with E-state index in [4.69, 9.17) is 4.74 Å². The predicted molar refractivity (Wildman–Crippen MR) is 95.6 cm³/mol. The number of ether oxygens (including phenoxy) is 1. The van der Waals surface area contributed by atoms with E-state index in [1.165, 1.54) is 25.3 Å². The Morgan fingerprint density at radius 2 is 1.85 bits per heavy atom. The number of amides is 1. The number of nitro groups is 1. The van der Waals surface area contributed by atoms with Gasteiger partial charge in [0.05, 0.1) is 18.5 Å². The third-order valence-corrected chi connectivity index (χ3v) is 3.83. The molecule has 1 atom stereocenters. The van der Waals surface area contributed by atoms with Crippen molar-refractivity contribution in [2.45, 2.75) is 25.8 Å². The van der Waals surface area contributed by atoms with Crippen LogP contribution in [0.25, 0.3) is 0 Å². The Kier molecular flexibility index (Phi) is 6.43. The monoisotopic (exact) mass is 356 g/mol. The summed E-state index contributed by atoms with van der Waals surface area (Å²) < 4.78 is 4.77. The molecule has 2 rings (SSSR count). The topological polar surface area (TPSA) is 98.5 Å². The fourth-order valence-electron chi connectivity index (χ4n) is 2.62. The van der Waals surface area contributed by atoms with E-state index in [0.717, 1.165) is 11.1 Å². The van der Waals surface area contributed by atoms with E-state index in [1.54, 1.807) is 6.07 Å². The molecule has 0 aliphatic rings. The van der Waals surface area contributed by atoms with Crippen molar-refractivity contribution in [3.05, 3.63) is 75.3 Å². The molecule has 0 spiro atoms. The molecule has 7 heteroatoms. The molecule has 2 aromatic carbocycles. The number of aryl methyl sites for hydroxylation is 1. The standard InChI is InChI=1S/C19H20N2O5/c1-13-5-3-6-14(9-13)11-17(19(23)26-2)20-18(22)12-15-7-4-8-16(10-15)21(24)25/h3-10,17H,11-12H2,1-2H3,(H,20,22)/t17-/m1/s1. The van der Waals surface area contributed by atoms with Crippen LogP contribution in [0, 0.1) is 17.0 Å². The molecule has 0 bridgehead atoms. The lowest BCUT2D eigenvalue weighted by atomic mass is 10.0. The van der Waals surface area contributed by atoms with E-state index in [-0.39, 0.29) is 12.1 Å². The number of nitro benzene ring substituents is 1. The van der Waals surface area contributed by atoms with Crippen LogP contribution in [0.15, 0.2) is 48.5 Å². The zero-order valence-corrected chi connectivity index (χ0v) is 14.6. The number of nitrogens with zero attached hydrogens (tertiary/aromatic N) is 1. The average molecular weight is 356 g/mol. The smallest absolute Gasteiger partial charge is 0.328 e. The second kappa shape index (κ2) is 8.75. The Hall–Kier alpha value is -3.22. The number of esters is 1. The number of hydrogen-bond donors (Lipinski definition) is 1. The van der Waals surface area contributed by atoms with Gasteiger partial charge in [-0.05, 0) is 18.1 Å². The van der Waals surface area contributed by atoms with Crippen LogP contribution in [0.3, 0.4) is 0 Å². The lowest BCUT2D eigenvalue weighted by Crippen LogP contribution is -2.43. The van der Waals surface area contributed by atoms with Gasteiger partial charge >= 0.3 is 5.97 Å². The molecule has 0 heterocycles. The van der Waals surface area contributed by atoms with Gasteiger partial charge in [0.2, 0.25) is 5.91 Å². The van der Waals surface area contributed by atoms with Crippen molar-refractivity contribution in [1.82, 2.24) is 5.32 Å². The van der Waals surface area contributed by atoms with Crippen molar-refractivity contribution < 1.29 is 19.2 Å². The normalized spacial score (nSPS) is 11.5. The molecule has 0 aliphatic carbocycles. The van der Waals surface area contributed by atoms with Crippen molar-refractivity contribution in [3.8, 4) is 0 Å². The zero-order valence-electron chi connectivity index (χ0n) is 14.6. The van der Waals surface area contributed by atoms with Gasteiger partial charge < -0.3 is 10.1 Å². The molecule has 136 valence electrons. The molecule has 1 N–H and O–H groups in total. The first-order valence-electron chi connectivity index (χ1n) is 8.05. The molecule has 0 aromatic heterocycles. The molecular formula is C19H20N2O5. The van der Waals surface area contributed by atoms with Gasteiger partial charge in [-0.3, -0.25) is 14.9 Å². The Morgan fingerprint density at radius 3 is 2.50 bits per heavy atom. The van der Waals surface area contributed by atoms with E-state index in [9.17, 15) is 19.7 Å². The third kappa shape index (κ3) is 5.41. The van der Waals surface area contributed by atoms with E-state index >= 15 is 0 Å². The van der Waals surface area contributed by atoms with Crippen LogP contribution in [0.2, 0.25) is 0 Å². The summed E-state index contributed by atoms with van der Waals surface area (Å²) in [5, 5.41) is 13.5. The fraction of sp³-hybridized carbons (Fsp3) is 0.263. The van der Waals surface area contributed by atoms with Gasteiger partial charge in [0.1, 0.15) is 6.04 Å². The summed E-state index contributed by atoms with van der Waals surface area (Å²) in [6.07, 6.45) is 0.234. The predicted octanol–water partition coefficient (Wildman–Crippen LogP) is 2.35. The van der Waals surface area contributed by atoms with Gasteiger partial charge in [-0.15, -0.1) is 0 Å². The number of rotatable bonds is 7. The third-order valence-electron chi connectivity index (χ3n) is 3.83. The minimum atomic E-state index is -0.826. The highest BCUT2D eigenvalue weighted by Gasteiger charge is 2.22. The maximum Gasteiger partial charge on any atom is 0.328 e. The summed E-state index contributed by atoms with van der Waals surface area (Å²) in [5.74, 6) is -0.951. The van der Waals surface area contributed by atoms with Gasteiger partial charge in [-0.2, -0.15) is 0 Å². The largest absolute Gasteiger partial charge is 0.467 e. The molecule has 26 heavy (non-hydrogen) atoms. The van der Waals surface area contributed by atoms with Gasteiger partial charge in [0.15, 0.2) is 0 Å². The number of nitrogens with one attached hydrogen (secondary N) is 1. The second-order valence-corrected chi connectivity index (χ2v) is 5.94. The highest BCUT2D eigenvalue weighted by molar-refractivity contribution is 5.85. The minimum Gasteiger partial charge on any atom is -0.467 e. The lowest BCUT2D eigenvalue weighted by molar-refractivity contribution is -0.384. The first-order valence-corrected chi connectivity index (χ1v) is 8.05. The first-order chi connectivity index (χ1) is 12.4. The van der Waals surface area contributed by atoms with Crippen LogP contribution in [0.5, 0.6) is 0 Å². The first kappa shape index (κ1) is 19.1. The van der Waals surface area contributed by atoms with Gasteiger partial charge in [0.25, 0.3) is 5.69 Å². The van der Waals surface area contributed by atoms with Gasteiger partial charge in [0, 0.05) is 18.6 Å². The quantitative estimate of drug-likeness (QED) is 0.466. The Balaban J connectivity index is 2.07. The summed E-state index contributed by atoms with van der Waals surface area (Å²) in [7, 11) is 1.26. The highest BCUT2D eigenvalue weighted by atomic mass is 16.6. The molecule has 1 amide bonds. The molecule has 0 fully saturated rings. The number of benzene rings is 2. The zero-order chi connectivity index (χ0) is 19.1. The molecule has 0 saturated carbocycles. The van der Waals surface area contributed by atoms with E-state index < -0.39 is 22.8 Å². The maximum absolute atomic E-state index is 12.3. The summed E-state index contributed by atoms with van der Waals surface area (Å²) >= 11 is 0. The van der Waals surface area contributed by atoms with Crippen molar-refractivity contribution in [2.75, 3.05) is 7.11 Å². The van der Waals surface area contributed by atoms with Gasteiger partial charge in [-0.1, -0.05) is 42.0 Å². The van der Waals surface area contributed by atoms with Crippen LogP contribution < -0.4 is 5.32 Å². The molecule has 2 aromatic rings. The fourth-order valence-corrected chi connectivity index (χ4v) is 2.62. The minimum absolute atomic E-state index is 0.0665. The van der Waals surface area contributed by atoms with Crippen molar-refractivity contribution in [2.24, 2.45) is 0 Å². The molecule has 7 nitrogen and oxygen atoms in total. The van der Waals surface area contributed by atoms with Crippen LogP contribution in [0.4, 0.5) is 5.69 Å². The number of carbonyl (C=O) groups is 2. The van der Waals surface area contributed by atoms with Gasteiger partial charge in [-0.25, -0.2) is 4.79 Å². The second-order valence-electron chi connectivity index (χ2n) is 5.94. The summed E-state index contributed by atoms with van der Waals surface area (Å²) in [6.45, 7) is 1.94. The van der Waals surface area contributed by atoms with E-state index in [1.807, 2.05) is 31.2 Å². The molecule has 0 saturated heterocycles. The maximum atomic E-state index is 12.3. The molecule has 0 radical (unpaired) electrons. The number of hydrogen-bond acceptors (Lipinski definition) is 5. The highest BCUT2D eigenvalue weighted by Crippen LogP contribution is 2.14. The molecule has 0 unspecified atom stereocenters. The van der Waals surface area contributed by atoms with Crippen LogP contribution in [0.1, 0.15) is 16.7 Å². The van der Waals surface area contributed by atoms with Crippen LogP contribution in [-0.2, 0) is 27.2 Å². The molecule has 0 aliphatic heterocycles. The van der Waals surface area contributed by atoms with E-state index in [2.05, 4.69) is 5.32 Å².